The molecule has 2 saturated heterocycles. The van der Waals surface area contributed by atoms with E-state index in [1.807, 2.05) is 9.97 Å². The van der Waals surface area contributed by atoms with E-state index in [1.54, 1.807) is 13.8 Å². The van der Waals surface area contributed by atoms with Gasteiger partial charge in [0.2, 0.25) is 0 Å². The summed E-state index contributed by atoms with van der Waals surface area (Å²) in [5, 5.41) is 18.7. The van der Waals surface area contributed by atoms with Crippen LogP contribution in [0.4, 0.5) is 26.3 Å². The molecule has 0 spiro atoms. The number of halogens is 6. The molecule has 16 nitrogen and oxygen atoms in total. The van der Waals surface area contributed by atoms with Gasteiger partial charge in [-0.1, -0.05) is 20.3 Å². The van der Waals surface area contributed by atoms with Gasteiger partial charge in [-0.2, -0.15) is 0 Å². The van der Waals surface area contributed by atoms with Crippen molar-refractivity contribution in [2.75, 3.05) is 13.2 Å². The molecule has 0 aliphatic carbocycles. The molecule has 270 valence electrons. The molecule has 22 heteroatoms. The minimum atomic E-state index is -5.08. The Morgan fingerprint density at radius 2 is 1.35 bits per heavy atom. The van der Waals surface area contributed by atoms with Gasteiger partial charge < -0.3 is 24.4 Å². The lowest BCUT2D eigenvalue weighted by molar-refractivity contribution is -0.356. The van der Waals surface area contributed by atoms with E-state index in [9.17, 15) is 55.4 Å². The van der Waals surface area contributed by atoms with Crippen LogP contribution in [0.1, 0.15) is 39.6 Å². The molecule has 4 rings (SSSR count). The van der Waals surface area contributed by atoms with Gasteiger partial charge in [-0.25, -0.2) is 9.59 Å². The third-order valence-corrected chi connectivity index (χ3v) is 7.44. The first kappa shape index (κ1) is 38.6. The fourth-order valence-electron chi connectivity index (χ4n) is 5.21. The molecule has 3 unspecified atom stereocenters. The van der Waals surface area contributed by atoms with Crippen LogP contribution in [0.3, 0.4) is 0 Å². The topological polar surface area (TPSA) is 213 Å². The van der Waals surface area contributed by atoms with Crippen LogP contribution in [0.5, 0.6) is 0 Å². The Bertz CT molecular complexity index is 1620. The average Bonchev–Trinajstić information content (AvgIpc) is 3.46. The van der Waals surface area contributed by atoms with Crippen molar-refractivity contribution in [3.63, 3.8) is 0 Å². The normalized spacial score (nSPS) is 28.1. The zero-order valence-corrected chi connectivity index (χ0v) is 25.3. The standard InChI is InChI=1S/C16H21F3N2O6.C10H11F3N2O6/c1-4-8(2)12-10(7-25-9(3)22)26-14(13(12)27-16(17,18)19)21-6-5-11(23)20-15(21)24;11-10(12,13)21-7-6(18)4(3-16)20-8(7)15-2-1-5(17)14-9(15)19/h5-6,8,10,12-14H,4,7H2,1-3H3,(H,20,23,24);1-2,4,6-8,16,18H,3H2,(H,14,17,19)/t8?,10-,12+,13?,14-;4-,6+,7?,8-/m11/s1. The number of nitrogens with one attached hydrogen (secondary N) is 2. The van der Waals surface area contributed by atoms with Crippen molar-refractivity contribution < 1.29 is 65.0 Å². The number of carbonyl (C=O) groups excluding carboxylic acids is 1. The van der Waals surface area contributed by atoms with Crippen molar-refractivity contribution in [1.82, 2.24) is 19.1 Å². The number of hydrogen-bond donors (Lipinski definition) is 4. The SMILES string of the molecule is CCC(C)[C@@H]1C(OC(F)(F)F)[C@H](n2ccc(=O)[nH]c2=O)O[C@@H]1COC(C)=O.O=c1ccn([C@@H]2O[C@H](CO)[C@H](O)C2OC(F)(F)F)c(=O)[nH]1. The van der Waals surface area contributed by atoms with E-state index in [-0.39, 0.29) is 12.5 Å². The fourth-order valence-corrected chi connectivity index (χ4v) is 5.21. The van der Waals surface area contributed by atoms with Crippen molar-refractivity contribution in [1.29, 1.82) is 0 Å². The number of rotatable bonds is 9. The lowest BCUT2D eigenvalue weighted by Gasteiger charge is -2.29. The predicted molar refractivity (Wildman–Crippen MR) is 145 cm³/mol. The molecule has 2 fully saturated rings. The zero-order chi connectivity index (χ0) is 36.1. The lowest BCUT2D eigenvalue weighted by atomic mass is 9.84. The second-order valence-electron chi connectivity index (χ2n) is 10.7. The Kier molecular flexibility index (Phi) is 12.5. The van der Waals surface area contributed by atoms with Gasteiger partial charge in [-0.05, 0) is 5.92 Å². The number of aromatic nitrogens is 4. The van der Waals surface area contributed by atoms with E-state index in [1.165, 1.54) is 6.92 Å². The van der Waals surface area contributed by atoms with Crippen molar-refractivity contribution in [3.8, 4) is 0 Å². The Balaban J connectivity index is 0.000000269. The monoisotopic (exact) mass is 706 g/mol. The van der Waals surface area contributed by atoms with Gasteiger partial charge in [0.25, 0.3) is 11.1 Å². The predicted octanol–water partition coefficient (Wildman–Crippen LogP) is 0.257. The van der Waals surface area contributed by atoms with Crippen LogP contribution in [0.25, 0.3) is 0 Å². The molecule has 0 radical (unpaired) electrons. The summed E-state index contributed by atoms with van der Waals surface area (Å²) in [6.45, 7) is 3.63. The maximum atomic E-state index is 13.0. The molecule has 0 aromatic carbocycles. The van der Waals surface area contributed by atoms with Crippen LogP contribution in [-0.4, -0.2) is 91.7 Å². The Hall–Kier alpha value is -3.83. The number of esters is 1. The quantitative estimate of drug-likeness (QED) is 0.204. The number of hydrogen-bond acceptors (Lipinski definition) is 12. The molecular weight excluding hydrogens is 674 g/mol. The van der Waals surface area contributed by atoms with Gasteiger partial charge in [-0.3, -0.25) is 43.0 Å². The molecule has 0 bridgehead atoms. The highest BCUT2D eigenvalue weighted by Gasteiger charge is 2.53. The molecule has 0 amide bonds. The molecule has 2 aliphatic heterocycles. The maximum Gasteiger partial charge on any atom is 0.523 e. The minimum Gasteiger partial charge on any atom is -0.463 e. The van der Waals surface area contributed by atoms with Gasteiger partial charge in [-0.15, -0.1) is 26.3 Å². The number of nitrogens with zero attached hydrogens (tertiary/aromatic N) is 2. The summed E-state index contributed by atoms with van der Waals surface area (Å²) in [5.41, 5.74) is -3.41. The number of ether oxygens (including phenoxy) is 5. The van der Waals surface area contributed by atoms with Crippen LogP contribution in [0.2, 0.25) is 0 Å². The third kappa shape index (κ3) is 9.85. The number of aliphatic hydroxyl groups excluding tert-OH is 2. The molecule has 4 N–H and O–H groups in total. The van der Waals surface area contributed by atoms with Gasteiger partial charge in [0.1, 0.15) is 37.1 Å². The van der Waals surface area contributed by atoms with Crippen LogP contribution in [0.15, 0.2) is 43.7 Å². The molecular formula is C26H32F6N4O12. The second-order valence-corrected chi connectivity index (χ2v) is 10.7. The van der Waals surface area contributed by atoms with E-state index in [4.69, 9.17) is 19.3 Å². The summed E-state index contributed by atoms with van der Waals surface area (Å²) >= 11 is 0. The zero-order valence-electron chi connectivity index (χ0n) is 25.3. The van der Waals surface area contributed by atoms with Crippen molar-refractivity contribution >= 4 is 5.97 Å². The minimum absolute atomic E-state index is 0.281. The van der Waals surface area contributed by atoms with E-state index in [0.717, 1.165) is 29.1 Å². The van der Waals surface area contributed by atoms with Crippen LogP contribution in [-0.2, 0) is 28.5 Å². The van der Waals surface area contributed by atoms with Crippen LogP contribution >= 0.6 is 0 Å². The highest BCUT2D eigenvalue weighted by molar-refractivity contribution is 5.65. The number of alkyl halides is 6. The molecule has 9 atom stereocenters. The molecule has 0 saturated carbocycles. The van der Waals surface area contributed by atoms with Gasteiger partial charge in [0.05, 0.1) is 6.61 Å². The van der Waals surface area contributed by atoms with Crippen molar-refractivity contribution in [2.45, 2.75) is 82.9 Å². The van der Waals surface area contributed by atoms with E-state index in [0.29, 0.717) is 11.0 Å². The van der Waals surface area contributed by atoms with E-state index in [2.05, 4.69) is 9.47 Å². The van der Waals surface area contributed by atoms with Gasteiger partial charge in [0, 0.05) is 37.4 Å². The summed E-state index contributed by atoms with van der Waals surface area (Å²) in [6, 6.07) is 1.89. The Morgan fingerprint density at radius 1 is 0.896 bits per heavy atom. The Labute approximate surface area is 264 Å². The molecule has 48 heavy (non-hydrogen) atoms. The largest absolute Gasteiger partial charge is 0.523 e. The van der Waals surface area contributed by atoms with Crippen molar-refractivity contribution in [3.05, 3.63) is 66.2 Å². The van der Waals surface area contributed by atoms with Gasteiger partial charge >= 0.3 is 30.1 Å². The first-order valence-corrected chi connectivity index (χ1v) is 14.1. The first-order chi connectivity index (χ1) is 22.3. The number of aliphatic hydroxyl groups is 2. The van der Waals surface area contributed by atoms with E-state index < -0.39 is 96.7 Å². The van der Waals surface area contributed by atoms with Crippen LogP contribution in [0, 0.1) is 11.8 Å². The van der Waals surface area contributed by atoms with Crippen LogP contribution < -0.4 is 22.5 Å². The molecule has 4 heterocycles. The maximum absolute atomic E-state index is 13.0. The number of aromatic amines is 2. The van der Waals surface area contributed by atoms with E-state index >= 15 is 0 Å². The summed E-state index contributed by atoms with van der Waals surface area (Å²) < 4.78 is 101. The van der Waals surface area contributed by atoms with Crippen molar-refractivity contribution in [2.24, 2.45) is 11.8 Å². The van der Waals surface area contributed by atoms with Gasteiger partial charge in [0.15, 0.2) is 12.5 Å². The molecule has 2 aliphatic rings. The fraction of sp³-hybridized carbons (Fsp3) is 0.654. The highest BCUT2D eigenvalue weighted by Crippen LogP contribution is 2.43. The summed E-state index contributed by atoms with van der Waals surface area (Å²) in [6.07, 6.45) is -18.3. The summed E-state index contributed by atoms with van der Waals surface area (Å²) in [4.78, 5) is 60.8. The Morgan fingerprint density at radius 3 is 1.77 bits per heavy atom. The average molecular weight is 707 g/mol. The second kappa shape index (κ2) is 15.6. The molecule has 2 aromatic rings. The number of H-pyrrole nitrogens is 2. The lowest BCUT2D eigenvalue weighted by Crippen LogP contribution is -2.41. The summed E-state index contributed by atoms with van der Waals surface area (Å²) in [5.74, 6) is -1.71. The summed E-state index contributed by atoms with van der Waals surface area (Å²) in [7, 11) is 0. The first-order valence-electron chi connectivity index (χ1n) is 14.1. The highest BCUT2D eigenvalue weighted by atomic mass is 19.4. The smallest absolute Gasteiger partial charge is 0.463 e. The third-order valence-electron chi connectivity index (χ3n) is 7.44. The molecule has 2 aromatic heterocycles. The number of carbonyl (C=O) groups is 1.